The number of hydrogen-bond donors (Lipinski definition) is 1. The Labute approximate surface area is 165 Å². The highest BCUT2D eigenvalue weighted by Gasteiger charge is 2.30. The zero-order chi connectivity index (χ0) is 20.9. The molecule has 1 heterocycles. The number of aromatic nitrogens is 1. The summed E-state index contributed by atoms with van der Waals surface area (Å²) in [6.45, 7) is 2.37. The van der Waals surface area contributed by atoms with Crippen LogP contribution in [0.5, 0.6) is 5.75 Å². The van der Waals surface area contributed by atoms with Crippen molar-refractivity contribution in [2.24, 2.45) is 0 Å². The molecule has 152 valence electrons. The third-order valence-corrected chi connectivity index (χ3v) is 4.08. The molecule has 0 fully saturated rings. The standard InChI is InChI=1S/C21H19F3N2O3/c1-14-2-6-16(7-3-14)20-26-17(13-28-20)10-11-25-19(27)12-15-4-8-18(9-5-15)29-21(22,23)24/h2-9,13H,10-12H2,1H3,(H,25,27). The molecular weight excluding hydrogens is 385 g/mol. The predicted octanol–water partition coefficient (Wildman–Crippen LogP) is 4.45. The van der Waals surface area contributed by atoms with Crippen LogP contribution in [0, 0.1) is 6.92 Å². The van der Waals surface area contributed by atoms with Crippen LogP contribution in [0.25, 0.3) is 11.5 Å². The molecule has 5 nitrogen and oxygen atoms in total. The fourth-order valence-corrected chi connectivity index (χ4v) is 2.64. The Bertz CT molecular complexity index is 949. The molecule has 0 atom stereocenters. The number of ether oxygens (including phenoxy) is 1. The van der Waals surface area contributed by atoms with Gasteiger partial charge < -0.3 is 14.5 Å². The Morgan fingerprint density at radius 2 is 1.79 bits per heavy atom. The van der Waals surface area contributed by atoms with Crippen LogP contribution in [0.3, 0.4) is 0 Å². The molecule has 1 amide bonds. The highest BCUT2D eigenvalue weighted by Crippen LogP contribution is 2.23. The monoisotopic (exact) mass is 404 g/mol. The van der Waals surface area contributed by atoms with E-state index < -0.39 is 6.36 Å². The van der Waals surface area contributed by atoms with E-state index >= 15 is 0 Å². The van der Waals surface area contributed by atoms with Gasteiger partial charge in [0, 0.05) is 18.5 Å². The third kappa shape index (κ3) is 6.38. The van der Waals surface area contributed by atoms with E-state index in [1.165, 1.54) is 24.3 Å². The smallest absolute Gasteiger partial charge is 0.444 e. The van der Waals surface area contributed by atoms with E-state index in [-0.39, 0.29) is 18.1 Å². The van der Waals surface area contributed by atoms with Crippen molar-refractivity contribution in [2.75, 3.05) is 6.54 Å². The van der Waals surface area contributed by atoms with Crippen LogP contribution in [0.1, 0.15) is 16.8 Å². The second kappa shape index (κ2) is 8.81. The van der Waals surface area contributed by atoms with Crippen LogP contribution >= 0.6 is 0 Å². The first-order valence-corrected chi connectivity index (χ1v) is 8.91. The van der Waals surface area contributed by atoms with E-state index in [0.29, 0.717) is 24.4 Å². The Kier molecular flexibility index (Phi) is 6.21. The van der Waals surface area contributed by atoms with Crippen molar-refractivity contribution >= 4 is 5.91 Å². The van der Waals surface area contributed by atoms with Gasteiger partial charge in [-0.2, -0.15) is 0 Å². The van der Waals surface area contributed by atoms with Gasteiger partial charge in [0.15, 0.2) is 0 Å². The van der Waals surface area contributed by atoms with Crippen molar-refractivity contribution in [3.05, 3.63) is 71.6 Å². The quantitative estimate of drug-likeness (QED) is 0.632. The molecule has 0 unspecified atom stereocenters. The molecule has 0 bridgehead atoms. The highest BCUT2D eigenvalue weighted by atomic mass is 19.4. The maximum Gasteiger partial charge on any atom is 0.573 e. The van der Waals surface area contributed by atoms with Gasteiger partial charge in [-0.1, -0.05) is 29.8 Å². The number of nitrogens with one attached hydrogen (secondary N) is 1. The van der Waals surface area contributed by atoms with E-state index in [0.717, 1.165) is 16.8 Å². The average Bonchev–Trinajstić information content (AvgIpc) is 3.12. The molecule has 0 radical (unpaired) electrons. The van der Waals surface area contributed by atoms with Gasteiger partial charge in [-0.25, -0.2) is 4.98 Å². The molecule has 8 heteroatoms. The number of alkyl halides is 3. The molecule has 3 rings (SSSR count). The SMILES string of the molecule is Cc1ccc(-c2nc(CCNC(=O)Cc3ccc(OC(F)(F)F)cc3)co2)cc1. The fraction of sp³-hybridized carbons (Fsp3) is 0.238. The van der Waals surface area contributed by atoms with E-state index in [2.05, 4.69) is 15.0 Å². The molecule has 0 saturated heterocycles. The van der Waals surface area contributed by atoms with Gasteiger partial charge in [0.2, 0.25) is 11.8 Å². The van der Waals surface area contributed by atoms with Crippen LogP contribution in [0.4, 0.5) is 13.2 Å². The maximum absolute atomic E-state index is 12.1. The van der Waals surface area contributed by atoms with Crippen molar-refractivity contribution in [2.45, 2.75) is 26.1 Å². The van der Waals surface area contributed by atoms with Crippen LogP contribution in [-0.2, 0) is 17.6 Å². The van der Waals surface area contributed by atoms with Crippen molar-refractivity contribution in [3.8, 4) is 17.2 Å². The Hall–Kier alpha value is -3.29. The van der Waals surface area contributed by atoms with Gasteiger partial charge in [0.1, 0.15) is 12.0 Å². The summed E-state index contributed by atoms with van der Waals surface area (Å²) in [6.07, 6.45) is -2.63. The summed E-state index contributed by atoms with van der Waals surface area (Å²) in [5.74, 6) is -0.0405. The molecule has 0 aliphatic heterocycles. The molecule has 1 N–H and O–H groups in total. The minimum absolute atomic E-state index is 0.0553. The lowest BCUT2D eigenvalue weighted by Crippen LogP contribution is -2.27. The molecular formula is C21H19F3N2O3. The summed E-state index contributed by atoms with van der Waals surface area (Å²) in [5.41, 5.74) is 3.32. The largest absolute Gasteiger partial charge is 0.573 e. The summed E-state index contributed by atoms with van der Waals surface area (Å²) in [4.78, 5) is 16.4. The van der Waals surface area contributed by atoms with Gasteiger partial charge in [0.05, 0.1) is 12.1 Å². The van der Waals surface area contributed by atoms with Crippen LogP contribution < -0.4 is 10.1 Å². The number of halogens is 3. The summed E-state index contributed by atoms with van der Waals surface area (Å²) in [6, 6.07) is 13.0. The Morgan fingerprint density at radius 1 is 1.10 bits per heavy atom. The van der Waals surface area contributed by atoms with Crippen LogP contribution in [0.2, 0.25) is 0 Å². The normalized spacial score (nSPS) is 11.3. The number of oxazole rings is 1. The van der Waals surface area contributed by atoms with Gasteiger partial charge in [-0.15, -0.1) is 13.2 Å². The first-order chi connectivity index (χ1) is 13.8. The molecule has 29 heavy (non-hydrogen) atoms. The summed E-state index contributed by atoms with van der Waals surface area (Å²) < 4.78 is 45.7. The maximum atomic E-state index is 12.1. The minimum Gasteiger partial charge on any atom is -0.444 e. The zero-order valence-corrected chi connectivity index (χ0v) is 15.6. The first kappa shape index (κ1) is 20.4. The van der Waals surface area contributed by atoms with Crippen molar-refractivity contribution < 1.29 is 27.1 Å². The summed E-state index contributed by atoms with van der Waals surface area (Å²) in [7, 11) is 0. The molecule has 0 saturated carbocycles. The lowest BCUT2D eigenvalue weighted by atomic mass is 10.1. The molecule has 3 aromatic rings. The number of aryl methyl sites for hydroxylation is 1. The average molecular weight is 404 g/mol. The molecule has 0 aliphatic rings. The topological polar surface area (TPSA) is 64.4 Å². The van der Waals surface area contributed by atoms with Gasteiger partial charge in [-0.05, 0) is 36.8 Å². The molecule has 0 spiro atoms. The van der Waals surface area contributed by atoms with Crippen molar-refractivity contribution in [3.63, 3.8) is 0 Å². The number of benzene rings is 2. The van der Waals surface area contributed by atoms with E-state index in [4.69, 9.17) is 4.42 Å². The zero-order valence-electron chi connectivity index (χ0n) is 15.6. The number of nitrogens with zero attached hydrogens (tertiary/aromatic N) is 1. The van der Waals surface area contributed by atoms with Crippen LogP contribution in [0.15, 0.2) is 59.2 Å². The van der Waals surface area contributed by atoms with Crippen LogP contribution in [-0.4, -0.2) is 23.8 Å². The van der Waals surface area contributed by atoms with Gasteiger partial charge in [-0.3, -0.25) is 4.79 Å². The lowest BCUT2D eigenvalue weighted by Gasteiger charge is -2.09. The number of hydrogen-bond acceptors (Lipinski definition) is 4. The highest BCUT2D eigenvalue weighted by molar-refractivity contribution is 5.78. The number of rotatable bonds is 7. The summed E-state index contributed by atoms with van der Waals surface area (Å²) in [5, 5.41) is 2.76. The lowest BCUT2D eigenvalue weighted by molar-refractivity contribution is -0.274. The number of amides is 1. The Balaban J connectivity index is 1.45. The fourth-order valence-electron chi connectivity index (χ4n) is 2.64. The first-order valence-electron chi connectivity index (χ1n) is 8.91. The van der Waals surface area contributed by atoms with Gasteiger partial charge >= 0.3 is 6.36 Å². The van der Waals surface area contributed by atoms with E-state index in [1.54, 1.807) is 6.26 Å². The molecule has 1 aromatic heterocycles. The second-order valence-corrected chi connectivity index (χ2v) is 6.48. The summed E-state index contributed by atoms with van der Waals surface area (Å²) >= 11 is 0. The van der Waals surface area contributed by atoms with Crippen molar-refractivity contribution in [1.82, 2.24) is 10.3 Å². The second-order valence-electron chi connectivity index (χ2n) is 6.48. The minimum atomic E-state index is -4.74. The number of carbonyl (C=O) groups excluding carboxylic acids is 1. The molecule has 2 aromatic carbocycles. The number of carbonyl (C=O) groups is 1. The van der Waals surface area contributed by atoms with E-state index in [1.807, 2.05) is 31.2 Å². The van der Waals surface area contributed by atoms with Crippen molar-refractivity contribution in [1.29, 1.82) is 0 Å². The Morgan fingerprint density at radius 3 is 2.45 bits per heavy atom. The van der Waals surface area contributed by atoms with Gasteiger partial charge in [0.25, 0.3) is 0 Å². The van der Waals surface area contributed by atoms with E-state index in [9.17, 15) is 18.0 Å². The third-order valence-electron chi connectivity index (χ3n) is 4.08. The molecule has 0 aliphatic carbocycles. The predicted molar refractivity (Wildman–Crippen MR) is 100 cm³/mol.